The molecule has 6 heteroatoms. The number of rotatable bonds is 3. The van der Waals surface area contributed by atoms with Crippen molar-refractivity contribution in [3.05, 3.63) is 59.9 Å². The highest BCUT2D eigenvalue weighted by Crippen LogP contribution is 2.53. The lowest BCUT2D eigenvalue weighted by atomic mass is 9.57. The number of ether oxygens (including phenoxy) is 1. The summed E-state index contributed by atoms with van der Waals surface area (Å²) in [6.07, 6.45) is 7.18. The zero-order valence-corrected chi connectivity index (χ0v) is 18.6. The molecule has 0 bridgehead atoms. The number of allylic oxidation sites excluding steroid dienone is 1. The van der Waals surface area contributed by atoms with Crippen molar-refractivity contribution < 1.29 is 22.7 Å². The summed E-state index contributed by atoms with van der Waals surface area (Å²) < 4.78 is 44.7. The number of halogens is 3. The number of hydrogen-bond acceptors (Lipinski definition) is 3. The highest BCUT2D eigenvalue weighted by molar-refractivity contribution is 5.75. The molecule has 0 N–H and O–H groups in total. The molecule has 3 aliphatic rings. The first kappa shape index (κ1) is 22.2. The van der Waals surface area contributed by atoms with Crippen molar-refractivity contribution in [3.63, 3.8) is 0 Å². The van der Waals surface area contributed by atoms with Crippen LogP contribution in [0.3, 0.4) is 0 Å². The van der Waals surface area contributed by atoms with E-state index in [0.29, 0.717) is 23.0 Å². The molecule has 0 amide bonds. The number of alkyl halides is 3. The van der Waals surface area contributed by atoms with E-state index in [1.807, 2.05) is 19.1 Å². The summed E-state index contributed by atoms with van der Waals surface area (Å²) in [4.78, 5) is 16.9. The molecule has 1 aliphatic heterocycles. The van der Waals surface area contributed by atoms with E-state index in [0.717, 1.165) is 24.2 Å². The van der Waals surface area contributed by atoms with E-state index in [2.05, 4.69) is 11.1 Å². The van der Waals surface area contributed by atoms with Crippen LogP contribution >= 0.6 is 0 Å². The molecule has 2 saturated carbocycles. The SMILES string of the molecule is CC1OC(=O)C2CC3CCCCC3C(/C=C/c3ccc(-c4cccc(C(F)(F)F)c4)cn3)C12. The average Bonchev–Trinajstić information content (AvgIpc) is 3.09. The van der Waals surface area contributed by atoms with Crippen LogP contribution in [-0.4, -0.2) is 17.1 Å². The van der Waals surface area contributed by atoms with Crippen molar-refractivity contribution >= 4 is 12.0 Å². The van der Waals surface area contributed by atoms with Gasteiger partial charge in [0, 0.05) is 17.7 Å². The third-order valence-electron chi connectivity index (χ3n) is 7.87. The van der Waals surface area contributed by atoms with E-state index in [1.165, 1.54) is 31.7 Å². The highest BCUT2D eigenvalue weighted by Gasteiger charge is 2.53. The number of cyclic esters (lactones) is 1. The number of nitrogens with zero attached hydrogens (tertiary/aromatic N) is 1. The molecular formula is C27H28F3NO2. The maximum atomic E-state index is 13.0. The fourth-order valence-electron chi connectivity index (χ4n) is 6.35. The molecule has 2 heterocycles. The summed E-state index contributed by atoms with van der Waals surface area (Å²) in [6, 6.07) is 8.94. The Balaban J connectivity index is 1.38. The van der Waals surface area contributed by atoms with Crippen LogP contribution in [0, 0.1) is 29.6 Å². The zero-order chi connectivity index (χ0) is 23.2. The maximum absolute atomic E-state index is 13.0. The minimum atomic E-state index is -4.37. The predicted octanol–water partition coefficient (Wildman–Crippen LogP) is 6.78. The third-order valence-corrected chi connectivity index (χ3v) is 7.87. The van der Waals surface area contributed by atoms with Gasteiger partial charge in [-0.15, -0.1) is 0 Å². The average molecular weight is 456 g/mol. The Bertz CT molecular complexity index is 1050. The van der Waals surface area contributed by atoms with Gasteiger partial charge in [0.25, 0.3) is 0 Å². The first-order valence-electron chi connectivity index (χ1n) is 11.8. The number of aromatic nitrogens is 1. The summed E-state index contributed by atoms with van der Waals surface area (Å²) in [5.74, 6) is 1.57. The number of fused-ring (bicyclic) bond motifs is 2. The molecule has 2 aliphatic carbocycles. The largest absolute Gasteiger partial charge is 0.462 e. The van der Waals surface area contributed by atoms with E-state index >= 15 is 0 Å². The first-order chi connectivity index (χ1) is 15.8. The van der Waals surface area contributed by atoms with Gasteiger partial charge in [-0.1, -0.05) is 43.5 Å². The molecule has 1 aromatic heterocycles. The second-order valence-corrected chi connectivity index (χ2v) is 9.76. The van der Waals surface area contributed by atoms with E-state index in [-0.39, 0.29) is 29.8 Å². The van der Waals surface area contributed by atoms with Gasteiger partial charge >= 0.3 is 12.1 Å². The normalized spacial score (nSPS) is 31.8. The number of pyridine rings is 1. The Morgan fingerprint density at radius 2 is 1.91 bits per heavy atom. The molecule has 33 heavy (non-hydrogen) atoms. The number of carbonyl (C=O) groups is 1. The summed E-state index contributed by atoms with van der Waals surface area (Å²) in [7, 11) is 0. The van der Waals surface area contributed by atoms with Crippen LogP contribution in [-0.2, 0) is 15.7 Å². The third kappa shape index (κ3) is 4.32. The Kier molecular flexibility index (Phi) is 5.79. The minimum absolute atomic E-state index is 0.00903. The van der Waals surface area contributed by atoms with Crippen molar-refractivity contribution in [2.24, 2.45) is 29.6 Å². The molecular weight excluding hydrogens is 427 g/mol. The van der Waals surface area contributed by atoms with Gasteiger partial charge in [0.1, 0.15) is 6.10 Å². The molecule has 3 fully saturated rings. The van der Waals surface area contributed by atoms with Crippen molar-refractivity contribution in [2.75, 3.05) is 0 Å². The van der Waals surface area contributed by atoms with Crippen LogP contribution < -0.4 is 0 Å². The molecule has 6 atom stereocenters. The monoisotopic (exact) mass is 455 g/mol. The quantitative estimate of drug-likeness (QED) is 0.479. The summed E-state index contributed by atoms with van der Waals surface area (Å²) >= 11 is 0. The summed E-state index contributed by atoms with van der Waals surface area (Å²) in [5.41, 5.74) is 1.23. The maximum Gasteiger partial charge on any atom is 0.416 e. The van der Waals surface area contributed by atoms with Crippen LogP contribution in [0.5, 0.6) is 0 Å². The summed E-state index contributed by atoms with van der Waals surface area (Å²) in [5, 5.41) is 0. The van der Waals surface area contributed by atoms with Crippen LogP contribution in [0.2, 0.25) is 0 Å². The van der Waals surface area contributed by atoms with Gasteiger partial charge in [-0.25, -0.2) is 0 Å². The predicted molar refractivity (Wildman–Crippen MR) is 120 cm³/mol. The first-order valence-corrected chi connectivity index (χ1v) is 11.8. The van der Waals surface area contributed by atoms with Gasteiger partial charge in [-0.3, -0.25) is 9.78 Å². The number of hydrogen-bond donors (Lipinski definition) is 0. The molecule has 5 rings (SSSR count). The molecule has 0 radical (unpaired) electrons. The standard InChI is InChI=1S/C27H28F3NO2/c1-16-25-23(22-8-3-2-5-18(22)14-24(25)26(32)33-16)12-11-21-10-9-19(15-31-21)17-6-4-7-20(13-17)27(28,29)30/h4,6-7,9-13,15-16,18,22-25H,2-3,5,8,14H2,1H3/b12-11+. The second kappa shape index (κ2) is 8.62. The van der Waals surface area contributed by atoms with E-state index in [9.17, 15) is 18.0 Å². The van der Waals surface area contributed by atoms with E-state index < -0.39 is 11.7 Å². The number of carbonyl (C=O) groups excluding carboxylic acids is 1. The van der Waals surface area contributed by atoms with Crippen LogP contribution in [0.25, 0.3) is 17.2 Å². The fourth-order valence-corrected chi connectivity index (χ4v) is 6.35. The molecule has 1 saturated heterocycles. The molecule has 0 spiro atoms. The fraction of sp³-hybridized carbons (Fsp3) is 0.481. The Morgan fingerprint density at radius 1 is 1.09 bits per heavy atom. The minimum Gasteiger partial charge on any atom is -0.462 e. The van der Waals surface area contributed by atoms with Gasteiger partial charge in [0.05, 0.1) is 17.2 Å². The van der Waals surface area contributed by atoms with Crippen molar-refractivity contribution in [1.82, 2.24) is 4.98 Å². The molecule has 174 valence electrons. The van der Waals surface area contributed by atoms with Crippen molar-refractivity contribution in [3.8, 4) is 11.1 Å². The smallest absolute Gasteiger partial charge is 0.416 e. The number of benzene rings is 1. The van der Waals surface area contributed by atoms with Gasteiger partial charge < -0.3 is 4.74 Å². The molecule has 3 nitrogen and oxygen atoms in total. The Hall–Kier alpha value is -2.63. The van der Waals surface area contributed by atoms with Gasteiger partial charge in [0.2, 0.25) is 0 Å². The van der Waals surface area contributed by atoms with Gasteiger partial charge in [-0.2, -0.15) is 13.2 Å². The molecule has 1 aromatic carbocycles. The van der Waals surface area contributed by atoms with Gasteiger partial charge in [0.15, 0.2) is 0 Å². The topological polar surface area (TPSA) is 39.2 Å². The lowest BCUT2D eigenvalue weighted by molar-refractivity contribution is -0.144. The number of esters is 1. The van der Waals surface area contributed by atoms with E-state index in [1.54, 1.807) is 18.3 Å². The zero-order valence-electron chi connectivity index (χ0n) is 18.6. The summed E-state index contributed by atoms with van der Waals surface area (Å²) in [6.45, 7) is 2.01. The molecule has 6 unspecified atom stereocenters. The second-order valence-electron chi connectivity index (χ2n) is 9.76. The van der Waals surface area contributed by atoms with Crippen LogP contribution in [0.1, 0.15) is 50.3 Å². The lowest BCUT2D eigenvalue weighted by Gasteiger charge is -2.45. The van der Waals surface area contributed by atoms with Crippen LogP contribution in [0.4, 0.5) is 13.2 Å². The lowest BCUT2D eigenvalue weighted by Crippen LogP contribution is -2.42. The van der Waals surface area contributed by atoms with Gasteiger partial charge in [-0.05, 0) is 67.4 Å². The van der Waals surface area contributed by atoms with E-state index in [4.69, 9.17) is 4.74 Å². The van der Waals surface area contributed by atoms with Crippen LogP contribution in [0.15, 0.2) is 48.7 Å². The molecule has 2 aromatic rings. The Labute approximate surface area is 192 Å². The highest BCUT2D eigenvalue weighted by atomic mass is 19.4. The van der Waals surface area contributed by atoms with Crippen molar-refractivity contribution in [2.45, 2.75) is 51.3 Å². The Morgan fingerprint density at radius 3 is 2.67 bits per heavy atom. The van der Waals surface area contributed by atoms with Crippen molar-refractivity contribution in [1.29, 1.82) is 0 Å².